The Morgan fingerprint density at radius 1 is 1.16 bits per heavy atom. The summed E-state index contributed by atoms with van der Waals surface area (Å²) in [6, 6.07) is 14.9. The molecule has 1 atom stereocenters. The Morgan fingerprint density at radius 2 is 1.91 bits per heavy atom. The molecule has 168 valence electrons. The van der Waals surface area contributed by atoms with Gasteiger partial charge in [-0.15, -0.1) is 11.8 Å². The largest absolute Gasteiger partial charge is 0.355 e. The predicted molar refractivity (Wildman–Crippen MR) is 127 cm³/mol. The summed E-state index contributed by atoms with van der Waals surface area (Å²) in [7, 11) is 0. The highest BCUT2D eigenvalue weighted by Crippen LogP contribution is 2.44. The van der Waals surface area contributed by atoms with Gasteiger partial charge in [0.15, 0.2) is 0 Å². The second-order valence-corrected chi connectivity index (χ2v) is 9.78. The minimum Gasteiger partial charge on any atom is -0.355 e. The molecule has 0 aromatic heterocycles. The van der Waals surface area contributed by atoms with Crippen LogP contribution >= 0.6 is 23.4 Å². The smallest absolute Gasteiger partial charge is 0.257 e. The quantitative estimate of drug-likeness (QED) is 0.459. The van der Waals surface area contributed by atoms with Gasteiger partial charge in [-0.3, -0.25) is 19.3 Å². The van der Waals surface area contributed by atoms with Crippen LogP contribution in [-0.2, 0) is 9.59 Å². The highest BCUT2D eigenvalue weighted by molar-refractivity contribution is 7.99. The second kappa shape index (κ2) is 9.55. The van der Waals surface area contributed by atoms with Gasteiger partial charge in [0.05, 0.1) is 11.3 Å². The molecule has 0 radical (unpaired) electrons. The number of halogens is 1. The first-order valence-corrected chi connectivity index (χ1v) is 12.2. The van der Waals surface area contributed by atoms with Gasteiger partial charge in [0, 0.05) is 41.6 Å². The van der Waals surface area contributed by atoms with E-state index in [1.807, 2.05) is 49.4 Å². The molecule has 8 heteroatoms. The first kappa shape index (κ1) is 22.7. The number of amides is 3. The molecule has 6 nitrogen and oxygen atoms in total. The third-order valence-electron chi connectivity index (χ3n) is 6.04. The normalized spacial score (nSPS) is 19.7. The molecule has 4 rings (SSSR count). The number of carbonyl (C=O) groups is 3. The van der Waals surface area contributed by atoms with E-state index in [1.165, 1.54) is 0 Å². The number of carbonyl (C=O) groups excluding carboxylic acids is 3. The number of rotatable bonds is 8. The Bertz CT molecular complexity index is 1030. The third kappa shape index (κ3) is 4.50. The maximum absolute atomic E-state index is 13.2. The molecule has 2 heterocycles. The van der Waals surface area contributed by atoms with Crippen molar-refractivity contribution in [3.8, 4) is 0 Å². The van der Waals surface area contributed by atoms with Crippen LogP contribution in [0.1, 0.15) is 43.0 Å². The SMILES string of the molecule is CC12CCC(=O)N1c1ccccc1C(=O)N2CCCC(=O)NCCSc1ccc(Cl)cc1. The van der Waals surface area contributed by atoms with Crippen molar-refractivity contribution in [1.82, 2.24) is 10.2 Å². The number of fused-ring (bicyclic) bond motifs is 3. The molecule has 0 bridgehead atoms. The van der Waals surface area contributed by atoms with Gasteiger partial charge in [-0.05, 0) is 56.2 Å². The van der Waals surface area contributed by atoms with Crippen LogP contribution in [0.25, 0.3) is 0 Å². The lowest BCUT2D eigenvalue weighted by Gasteiger charge is -2.48. The Morgan fingerprint density at radius 3 is 2.69 bits per heavy atom. The molecule has 0 aliphatic carbocycles. The molecule has 0 saturated carbocycles. The molecule has 0 spiro atoms. The average Bonchev–Trinajstić information content (AvgIpc) is 3.10. The number of hydrogen-bond donors (Lipinski definition) is 1. The van der Waals surface area contributed by atoms with Crippen molar-refractivity contribution >= 4 is 46.8 Å². The van der Waals surface area contributed by atoms with Crippen LogP contribution in [0.3, 0.4) is 0 Å². The first-order chi connectivity index (χ1) is 15.4. The van der Waals surface area contributed by atoms with Crippen molar-refractivity contribution < 1.29 is 14.4 Å². The summed E-state index contributed by atoms with van der Waals surface area (Å²) in [6.45, 7) is 2.95. The Labute approximate surface area is 197 Å². The van der Waals surface area contributed by atoms with E-state index in [9.17, 15) is 14.4 Å². The molecule has 3 amide bonds. The van der Waals surface area contributed by atoms with Crippen molar-refractivity contribution in [3.63, 3.8) is 0 Å². The van der Waals surface area contributed by atoms with E-state index < -0.39 is 5.66 Å². The van der Waals surface area contributed by atoms with E-state index in [0.29, 0.717) is 55.0 Å². The minimum atomic E-state index is -0.672. The van der Waals surface area contributed by atoms with Crippen LogP contribution in [0.5, 0.6) is 0 Å². The van der Waals surface area contributed by atoms with Gasteiger partial charge in [-0.1, -0.05) is 23.7 Å². The van der Waals surface area contributed by atoms with Crippen molar-refractivity contribution in [2.75, 3.05) is 23.7 Å². The minimum absolute atomic E-state index is 0.0314. The lowest BCUT2D eigenvalue weighted by Crippen LogP contribution is -2.62. The number of benzene rings is 2. The summed E-state index contributed by atoms with van der Waals surface area (Å²) in [6.07, 6.45) is 1.89. The first-order valence-electron chi connectivity index (χ1n) is 10.8. The standard InChI is InChI=1S/C24H26ClN3O3S/c1-24-13-12-22(30)28(24)20-6-3-2-5-19(20)23(31)27(24)15-4-7-21(29)26-14-16-32-18-10-8-17(25)9-11-18/h2-3,5-6,8-11H,4,7,12-16H2,1H3,(H,26,29). The summed E-state index contributed by atoms with van der Waals surface area (Å²) in [5.41, 5.74) is 0.562. The number of thioether (sulfide) groups is 1. The van der Waals surface area contributed by atoms with Gasteiger partial charge >= 0.3 is 0 Å². The molecule has 1 unspecified atom stereocenters. The van der Waals surface area contributed by atoms with E-state index in [0.717, 1.165) is 10.6 Å². The summed E-state index contributed by atoms with van der Waals surface area (Å²) in [5.74, 6) is 0.697. The van der Waals surface area contributed by atoms with Crippen LogP contribution in [0.15, 0.2) is 53.4 Å². The molecule has 32 heavy (non-hydrogen) atoms. The van der Waals surface area contributed by atoms with Gasteiger partial charge in [0.2, 0.25) is 11.8 Å². The van der Waals surface area contributed by atoms with Crippen LogP contribution < -0.4 is 10.2 Å². The average molecular weight is 472 g/mol. The monoisotopic (exact) mass is 471 g/mol. The lowest BCUT2D eigenvalue weighted by atomic mass is 9.98. The summed E-state index contributed by atoms with van der Waals surface area (Å²) >= 11 is 7.55. The van der Waals surface area contributed by atoms with E-state index in [-0.39, 0.29) is 17.7 Å². The van der Waals surface area contributed by atoms with Gasteiger partial charge in [0.25, 0.3) is 5.91 Å². The van der Waals surface area contributed by atoms with Gasteiger partial charge in [-0.2, -0.15) is 0 Å². The van der Waals surface area contributed by atoms with Crippen molar-refractivity contribution in [3.05, 3.63) is 59.1 Å². The number of nitrogens with zero attached hydrogens (tertiary/aromatic N) is 2. The second-order valence-electron chi connectivity index (χ2n) is 8.18. The van der Waals surface area contributed by atoms with Crippen LogP contribution in [0.4, 0.5) is 5.69 Å². The van der Waals surface area contributed by atoms with Crippen LogP contribution in [0.2, 0.25) is 5.02 Å². The molecule has 2 aliphatic heterocycles. The summed E-state index contributed by atoms with van der Waals surface area (Å²) in [5, 5.41) is 3.64. The van der Waals surface area contributed by atoms with Gasteiger partial charge in [0.1, 0.15) is 5.66 Å². The number of hydrogen-bond acceptors (Lipinski definition) is 4. The molecular formula is C24H26ClN3O3S. The zero-order valence-electron chi connectivity index (χ0n) is 18.0. The summed E-state index contributed by atoms with van der Waals surface area (Å²) in [4.78, 5) is 42.7. The van der Waals surface area contributed by atoms with Crippen molar-refractivity contribution in [2.24, 2.45) is 0 Å². The Kier molecular flexibility index (Phi) is 6.76. The molecule has 1 N–H and O–H groups in total. The zero-order valence-corrected chi connectivity index (χ0v) is 19.5. The van der Waals surface area contributed by atoms with Crippen LogP contribution in [-0.4, -0.2) is 47.1 Å². The number of para-hydroxylation sites is 1. The molecule has 2 aromatic carbocycles. The maximum Gasteiger partial charge on any atom is 0.257 e. The molecule has 1 fully saturated rings. The van der Waals surface area contributed by atoms with Crippen molar-refractivity contribution in [1.29, 1.82) is 0 Å². The highest BCUT2D eigenvalue weighted by atomic mass is 35.5. The van der Waals surface area contributed by atoms with Crippen molar-refractivity contribution in [2.45, 2.75) is 43.2 Å². The zero-order chi connectivity index (χ0) is 22.7. The number of nitrogens with one attached hydrogen (secondary N) is 1. The molecule has 2 aromatic rings. The maximum atomic E-state index is 13.2. The summed E-state index contributed by atoms with van der Waals surface area (Å²) < 4.78 is 0. The number of anilines is 1. The fourth-order valence-corrected chi connectivity index (χ4v) is 5.31. The van der Waals surface area contributed by atoms with E-state index in [4.69, 9.17) is 11.6 Å². The molecule has 1 saturated heterocycles. The lowest BCUT2D eigenvalue weighted by molar-refractivity contribution is -0.121. The van der Waals surface area contributed by atoms with E-state index in [1.54, 1.807) is 27.6 Å². The topological polar surface area (TPSA) is 69.7 Å². The van der Waals surface area contributed by atoms with Gasteiger partial charge in [-0.25, -0.2) is 0 Å². The van der Waals surface area contributed by atoms with Crippen LogP contribution in [0, 0.1) is 0 Å². The van der Waals surface area contributed by atoms with E-state index in [2.05, 4.69) is 5.32 Å². The molecule has 2 aliphatic rings. The molecular weight excluding hydrogens is 446 g/mol. The third-order valence-corrected chi connectivity index (χ3v) is 7.30. The highest BCUT2D eigenvalue weighted by Gasteiger charge is 2.52. The fraction of sp³-hybridized carbons (Fsp3) is 0.375. The Balaban J connectivity index is 1.29. The Hall–Kier alpha value is -2.51. The van der Waals surface area contributed by atoms with E-state index >= 15 is 0 Å². The van der Waals surface area contributed by atoms with Gasteiger partial charge < -0.3 is 10.2 Å². The predicted octanol–water partition coefficient (Wildman–Crippen LogP) is 4.33. The fourth-order valence-electron chi connectivity index (χ4n) is 4.42.